The molecule has 178 valence electrons. The Morgan fingerprint density at radius 2 is 1.91 bits per heavy atom. The van der Waals surface area contributed by atoms with Gasteiger partial charge >= 0.3 is 0 Å². The summed E-state index contributed by atoms with van der Waals surface area (Å²) < 4.78 is 0. The van der Waals surface area contributed by atoms with Gasteiger partial charge in [-0.15, -0.1) is 0 Å². The number of hydrogen-bond acceptors (Lipinski definition) is 5. The van der Waals surface area contributed by atoms with E-state index in [2.05, 4.69) is 36.0 Å². The van der Waals surface area contributed by atoms with E-state index >= 15 is 0 Å². The highest BCUT2D eigenvalue weighted by Crippen LogP contribution is 2.33. The van der Waals surface area contributed by atoms with Gasteiger partial charge in [-0.05, 0) is 63.1 Å². The monoisotopic (exact) mass is 470 g/mol. The van der Waals surface area contributed by atoms with Crippen LogP contribution in [0.4, 0.5) is 5.69 Å². The van der Waals surface area contributed by atoms with Gasteiger partial charge in [-0.2, -0.15) is 4.99 Å². The quantitative estimate of drug-likeness (QED) is 0.647. The van der Waals surface area contributed by atoms with E-state index < -0.39 is 5.25 Å². The van der Waals surface area contributed by atoms with Gasteiger partial charge in [0.25, 0.3) is 11.8 Å². The summed E-state index contributed by atoms with van der Waals surface area (Å²) >= 11 is 1.40. The first-order chi connectivity index (χ1) is 15.8. The van der Waals surface area contributed by atoms with Crippen LogP contribution in [-0.2, 0) is 9.59 Å². The van der Waals surface area contributed by atoms with Gasteiger partial charge in [-0.25, -0.2) is 0 Å². The van der Waals surface area contributed by atoms with Crippen LogP contribution in [0.1, 0.15) is 69.7 Å². The molecule has 0 spiro atoms. The normalized spacial score (nSPS) is 21.7. The van der Waals surface area contributed by atoms with Gasteiger partial charge < -0.3 is 15.1 Å². The van der Waals surface area contributed by atoms with Crippen molar-refractivity contribution in [3.05, 3.63) is 29.8 Å². The minimum Gasteiger partial charge on any atom is -0.351 e. The van der Waals surface area contributed by atoms with Crippen molar-refractivity contribution >= 4 is 40.3 Å². The summed E-state index contributed by atoms with van der Waals surface area (Å²) in [4.78, 5) is 46.7. The van der Waals surface area contributed by atoms with Crippen LogP contribution < -0.4 is 5.32 Å². The lowest BCUT2D eigenvalue weighted by atomic mass is 10.0. The maximum Gasteiger partial charge on any atom is 0.262 e. The van der Waals surface area contributed by atoms with E-state index in [1.165, 1.54) is 18.2 Å². The van der Waals surface area contributed by atoms with Gasteiger partial charge in [0.05, 0.1) is 0 Å². The third-order valence-corrected chi connectivity index (χ3v) is 7.91. The van der Waals surface area contributed by atoms with Gasteiger partial charge in [0.1, 0.15) is 5.25 Å². The van der Waals surface area contributed by atoms with Crippen molar-refractivity contribution in [1.82, 2.24) is 9.80 Å². The van der Waals surface area contributed by atoms with Crippen LogP contribution >= 0.6 is 11.8 Å². The molecule has 8 heteroatoms. The number of amides is 3. The number of aliphatic imine (C=N–C) groups is 1. The van der Waals surface area contributed by atoms with Crippen LogP contribution in [0.5, 0.6) is 0 Å². The molecule has 2 heterocycles. The lowest BCUT2D eigenvalue weighted by Gasteiger charge is -2.32. The Morgan fingerprint density at radius 1 is 1.18 bits per heavy atom. The fourth-order valence-corrected chi connectivity index (χ4v) is 5.46. The second-order valence-electron chi connectivity index (χ2n) is 9.65. The van der Waals surface area contributed by atoms with Crippen LogP contribution in [0.15, 0.2) is 29.3 Å². The number of likely N-dealkylation sites (tertiary alicyclic amines) is 1. The van der Waals surface area contributed by atoms with Crippen molar-refractivity contribution < 1.29 is 14.4 Å². The smallest absolute Gasteiger partial charge is 0.262 e. The van der Waals surface area contributed by atoms with E-state index in [9.17, 15) is 14.4 Å². The molecule has 1 N–H and O–H groups in total. The molecule has 3 aliphatic rings. The molecule has 2 aliphatic heterocycles. The summed E-state index contributed by atoms with van der Waals surface area (Å²) in [5.41, 5.74) is 1.15. The highest BCUT2D eigenvalue weighted by atomic mass is 32.2. The molecule has 2 atom stereocenters. The second-order valence-corrected chi connectivity index (χ2v) is 10.8. The van der Waals surface area contributed by atoms with E-state index in [1.54, 1.807) is 24.3 Å². The molecule has 0 aromatic heterocycles. The number of piperidine rings is 1. The molecule has 33 heavy (non-hydrogen) atoms. The average molecular weight is 471 g/mol. The van der Waals surface area contributed by atoms with Crippen LogP contribution in [0, 0.1) is 5.92 Å². The van der Waals surface area contributed by atoms with E-state index in [1.807, 2.05) is 4.90 Å². The number of rotatable bonds is 7. The predicted octanol–water partition coefficient (Wildman–Crippen LogP) is 4.15. The lowest BCUT2D eigenvalue weighted by molar-refractivity contribution is -0.121. The number of carbonyl (C=O) groups excluding carboxylic acids is 3. The van der Waals surface area contributed by atoms with Crippen molar-refractivity contribution in [3.63, 3.8) is 0 Å². The third-order valence-electron chi connectivity index (χ3n) is 6.70. The first-order valence-electron chi connectivity index (χ1n) is 12.1. The largest absolute Gasteiger partial charge is 0.351 e. The van der Waals surface area contributed by atoms with Crippen LogP contribution in [-0.4, -0.2) is 63.1 Å². The first kappa shape index (κ1) is 23.8. The molecule has 2 fully saturated rings. The molecule has 1 saturated heterocycles. The summed E-state index contributed by atoms with van der Waals surface area (Å²) in [6, 6.07) is 7.58. The molecule has 3 amide bonds. The number of nitrogens with one attached hydrogen (secondary N) is 1. The highest BCUT2D eigenvalue weighted by Gasteiger charge is 2.37. The molecule has 2 unspecified atom stereocenters. The van der Waals surface area contributed by atoms with Crippen molar-refractivity contribution in [2.24, 2.45) is 10.9 Å². The van der Waals surface area contributed by atoms with E-state index in [4.69, 9.17) is 0 Å². The topological polar surface area (TPSA) is 82.1 Å². The van der Waals surface area contributed by atoms with Gasteiger partial charge in [0, 0.05) is 42.8 Å². The number of amidine groups is 1. The molecule has 1 aromatic rings. The molecular weight excluding hydrogens is 436 g/mol. The van der Waals surface area contributed by atoms with Crippen LogP contribution in [0.25, 0.3) is 0 Å². The minimum absolute atomic E-state index is 0.0101. The van der Waals surface area contributed by atoms with Crippen LogP contribution in [0.3, 0.4) is 0 Å². The second kappa shape index (κ2) is 10.3. The molecule has 1 saturated carbocycles. The fraction of sp³-hybridized carbons (Fsp3) is 0.600. The molecule has 0 bridgehead atoms. The summed E-state index contributed by atoms with van der Waals surface area (Å²) in [7, 11) is 0. The molecule has 7 nitrogen and oxygen atoms in total. The molecule has 0 radical (unpaired) electrons. The van der Waals surface area contributed by atoms with E-state index in [0.717, 1.165) is 43.9 Å². The van der Waals surface area contributed by atoms with Crippen LogP contribution in [0.2, 0.25) is 0 Å². The predicted molar refractivity (Wildman–Crippen MR) is 132 cm³/mol. The van der Waals surface area contributed by atoms with Gasteiger partial charge in [-0.1, -0.05) is 31.7 Å². The minimum atomic E-state index is -0.482. The number of nitrogens with zero attached hydrogens (tertiary/aromatic N) is 3. The SMILES string of the molecule is CC(C)C(C)N(C(=O)c1cccc(NC(=O)CC2SC(N3CCCCC3)=NC2=O)c1)C1CC1. The van der Waals surface area contributed by atoms with E-state index in [0.29, 0.717) is 23.2 Å². The summed E-state index contributed by atoms with van der Waals surface area (Å²) in [5.74, 6) is -0.0932. The number of hydrogen-bond donors (Lipinski definition) is 1. The molecular formula is C25H34N4O3S. The summed E-state index contributed by atoms with van der Waals surface area (Å²) in [5, 5.41) is 3.15. The average Bonchev–Trinajstić information content (AvgIpc) is 3.57. The Labute approximate surface area is 200 Å². The number of carbonyl (C=O) groups is 3. The molecule has 4 rings (SSSR count). The maximum atomic E-state index is 13.3. The number of benzene rings is 1. The van der Waals surface area contributed by atoms with Crippen molar-refractivity contribution in [2.45, 2.75) is 76.6 Å². The van der Waals surface area contributed by atoms with E-state index in [-0.39, 0.29) is 30.2 Å². The zero-order valence-electron chi connectivity index (χ0n) is 19.8. The van der Waals surface area contributed by atoms with Gasteiger partial charge in [0.15, 0.2) is 5.17 Å². The van der Waals surface area contributed by atoms with Crippen molar-refractivity contribution in [1.29, 1.82) is 0 Å². The standard InChI is InChI=1S/C25H34N4O3S/c1-16(2)17(3)29(20-10-11-20)24(32)18-8-7-9-19(14-18)26-22(30)15-21-23(31)27-25(33-21)28-12-5-4-6-13-28/h7-9,14,16-17,20-21H,4-6,10-13,15H2,1-3H3,(H,26,30). The number of thioether (sulfide) groups is 1. The third kappa shape index (κ3) is 5.78. The van der Waals surface area contributed by atoms with Crippen molar-refractivity contribution in [3.8, 4) is 0 Å². The van der Waals surface area contributed by atoms with Crippen molar-refractivity contribution in [2.75, 3.05) is 18.4 Å². The van der Waals surface area contributed by atoms with Gasteiger partial charge in [-0.3, -0.25) is 14.4 Å². The highest BCUT2D eigenvalue weighted by molar-refractivity contribution is 8.15. The molecule has 1 aromatic carbocycles. The van der Waals surface area contributed by atoms with Gasteiger partial charge in [0.2, 0.25) is 5.91 Å². The Bertz CT molecular complexity index is 937. The maximum absolute atomic E-state index is 13.3. The Balaban J connectivity index is 1.36. The summed E-state index contributed by atoms with van der Waals surface area (Å²) in [6.45, 7) is 8.21. The zero-order valence-corrected chi connectivity index (χ0v) is 20.6. The summed E-state index contributed by atoms with van der Waals surface area (Å²) in [6.07, 6.45) is 5.61. The Hall–Kier alpha value is -2.35. The zero-order chi connectivity index (χ0) is 23.5. The lowest BCUT2D eigenvalue weighted by Crippen LogP contribution is -2.43. The Morgan fingerprint density at radius 3 is 2.58 bits per heavy atom. The Kier molecular flexibility index (Phi) is 7.41. The molecule has 1 aliphatic carbocycles. The fourth-order valence-electron chi connectivity index (χ4n) is 4.35. The first-order valence-corrected chi connectivity index (χ1v) is 13.0. The number of anilines is 1.